The average molecular weight is 266 g/mol. The number of morpholine rings is 1. The van der Waals surface area contributed by atoms with Crippen molar-refractivity contribution in [2.45, 2.75) is 27.2 Å². The minimum Gasteiger partial charge on any atom is -0.379 e. The van der Waals surface area contributed by atoms with E-state index in [4.69, 9.17) is 4.74 Å². The number of hydrogen-bond donors (Lipinski definition) is 0. The van der Waals surface area contributed by atoms with E-state index in [1.54, 1.807) is 0 Å². The summed E-state index contributed by atoms with van der Waals surface area (Å²) in [5.41, 5.74) is 1.14. The van der Waals surface area contributed by atoms with Crippen LogP contribution in [0, 0.1) is 5.92 Å². The van der Waals surface area contributed by atoms with Gasteiger partial charge in [0.05, 0.1) is 13.2 Å². The van der Waals surface area contributed by atoms with E-state index in [-0.39, 0.29) is 0 Å². The van der Waals surface area contributed by atoms with Gasteiger partial charge in [0.15, 0.2) is 0 Å². The molecule has 0 saturated carbocycles. The Bertz CT molecular complexity index is 280. The molecule has 0 spiro atoms. The SMILES string of the molecule is C=C(/C=C\CC)N(CCN1CCOCC1)CC(C)C. The molecular formula is C16H30N2O. The summed E-state index contributed by atoms with van der Waals surface area (Å²) in [6.45, 7) is 18.0. The Labute approximate surface area is 118 Å². The Balaban J connectivity index is 2.43. The second-order valence-electron chi connectivity index (χ2n) is 5.60. The molecule has 0 radical (unpaired) electrons. The third-order valence-electron chi connectivity index (χ3n) is 3.33. The molecule has 0 N–H and O–H groups in total. The lowest BCUT2D eigenvalue weighted by Gasteiger charge is -2.32. The van der Waals surface area contributed by atoms with Gasteiger partial charge in [0.2, 0.25) is 0 Å². The van der Waals surface area contributed by atoms with Gasteiger partial charge in [-0.05, 0) is 18.4 Å². The summed E-state index contributed by atoms with van der Waals surface area (Å²) in [6, 6.07) is 0. The Hall–Kier alpha value is -0.800. The molecule has 0 unspecified atom stereocenters. The smallest absolute Gasteiger partial charge is 0.0594 e. The Morgan fingerprint density at radius 1 is 1.37 bits per heavy atom. The summed E-state index contributed by atoms with van der Waals surface area (Å²) >= 11 is 0. The molecule has 0 aromatic heterocycles. The van der Waals surface area contributed by atoms with Crippen LogP contribution in [0.25, 0.3) is 0 Å². The normalized spacial score (nSPS) is 17.3. The van der Waals surface area contributed by atoms with Crippen LogP contribution in [-0.2, 0) is 4.74 Å². The van der Waals surface area contributed by atoms with Crippen molar-refractivity contribution in [1.29, 1.82) is 0 Å². The highest BCUT2D eigenvalue weighted by atomic mass is 16.5. The second kappa shape index (κ2) is 9.16. The first-order valence-electron chi connectivity index (χ1n) is 7.54. The predicted octanol–water partition coefficient (Wildman–Crippen LogP) is 2.76. The van der Waals surface area contributed by atoms with Crippen LogP contribution in [0.1, 0.15) is 27.2 Å². The summed E-state index contributed by atoms with van der Waals surface area (Å²) in [5, 5.41) is 0. The van der Waals surface area contributed by atoms with Crippen LogP contribution < -0.4 is 0 Å². The molecule has 0 aromatic carbocycles. The second-order valence-corrected chi connectivity index (χ2v) is 5.60. The summed E-state index contributed by atoms with van der Waals surface area (Å²) < 4.78 is 5.39. The molecular weight excluding hydrogens is 236 g/mol. The topological polar surface area (TPSA) is 15.7 Å². The van der Waals surface area contributed by atoms with Crippen molar-refractivity contribution in [3.8, 4) is 0 Å². The highest BCUT2D eigenvalue weighted by molar-refractivity contribution is 5.13. The first-order chi connectivity index (χ1) is 9.13. The monoisotopic (exact) mass is 266 g/mol. The van der Waals surface area contributed by atoms with Crippen molar-refractivity contribution < 1.29 is 4.74 Å². The maximum Gasteiger partial charge on any atom is 0.0594 e. The van der Waals surface area contributed by atoms with Gasteiger partial charge in [-0.2, -0.15) is 0 Å². The number of nitrogens with zero attached hydrogens (tertiary/aromatic N) is 2. The van der Waals surface area contributed by atoms with Crippen LogP contribution in [0.15, 0.2) is 24.4 Å². The molecule has 1 heterocycles. The Morgan fingerprint density at radius 3 is 2.63 bits per heavy atom. The van der Waals surface area contributed by atoms with Crippen LogP contribution in [0.5, 0.6) is 0 Å². The van der Waals surface area contributed by atoms with Crippen LogP contribution in [-0.4, -0.2) is 55.7 Å². The average Bonchev–Trinajstić information content (AvgIpc) is 2.41. The lowest BCUT2D eigenvalue weighted by molar-refractivity contribution is 0.0346. The zero-order valence-electron chi connectivity index (χ0n) is 12.9. The Kier molecular flexibility index (Phi) is 7.84. The molecule has 1 aliphatic rings. The van der Waals surface area contributed by atoms with Gasteiger partial charge in [-0.15, -0.1) is 0 Å². The standard InChI is InChI=1S/C16H30N2O/c1-5-6-7-16(4)18(14-15(2)3)9-8-17-10-12-19-13-11-17/h6-7,15H,4-5,8-14H2,1-3H3/b7-6-. The minimum absolute atomic E-state index is 0.663. The lowest BCUT2D eigenvalue weighted by atomic mass is 10.2. The highest BCUT2D eigenvalue weighted by Gasteiger charge is 2.13. The van der Waals surface area contributed by atoms with Crippen molar-refractivity contribution in [3.05, 3.63) is 24.4 Å². The van der Waals surface area contributed by atoms with Crippen LogP contribution >= 0.6 is 0 Å². The summed E-state index contributed by atoms with van der Waals surface area (Å²) in [4.78, 5) is 4.89. The molecule has 1 fully saturated rings. The summed E-state index contributed by atoms with van der Waals surface area (Å²) in [7, 11) is 0. The third-order valence-corrected chi connectivity index (χ3v) is 3.33. The largest absolute Gasteiger partial charge is 0.379 e. The molecule has 1 rings (SSSR count). The predicted molar refractivity (Wildman–Crippen MR) is 82.2 cm³/mol. The molecule has 19 heavy (non-hydrogen) atoms. The van der Waals surface area contributed by atoms with Crippen LogP contribution in [0.4, 0.5) is 0 Å². The Morgan fingerprint density at radius 2 is 2.05 bits per heavy atom. The number of hydrogen-bond acceptors (Lipinski definition) is 3. The lowest BCUT2D eigenvalue weighted by Crippen LogP contribution is -2.41. The van der Waals surface area contributed by atoms with E-state index in [1.807, 2.05) is 0 Å². The summed E-state index contributed by atoms with van der Waals surface area (Å²) in [5.74, 6) is 0.663. The van der Waals surface area contributed by atoms with E-state index in [0.717, 1.165) is 58.1 Å². The molecule has 1 aliphatic heterocycles. The van der Waals surface area contributed by atoms with E-state index < -0.39 is 0 Å². The molecule has 3 heteroatoms. The maximum atomic E-state index is 5.39. The van der Waals surface area contributed by atoms with Crippen LogP contribution in [0.2, 0.25) is 0 Å². The fourth-order valence-electron chi connectivity index (χ4n) is 2.24. The van der Waals surface area contributed by atoms with Gasteiger partial charge in [0.25, 0.3) is 0 Å². The summed E-state index contributed by atoms with van der Waals surface area (Å²) in [6.07, 6.45) is 5.41. The van der Waals surface area contributed by atoms with Gasteiger partial charge in [-0.3, -0.25) is 4.90 Å². The van der Waals surface area contributed by atoms with E-state index >= 15 is 0 Å². The molecule has 0 aliphatic carbocycles. The molecule has 3 nitrogen and oxygen atoms in total. The first-order valence-corrected chi connectivity index (χ1v) is 7.54. The minimum atomic E-state index is 0.663. The van der Waals surface area contributed by atoms with Gasteiger partial charge in [-0.25, -0.2) is 0 Å². The molecule has 0 amide bonds. The van der Waals surface area contributed by atoms with Gasteiger partial charge in [-0.1, -0.05) is 33.4 Å². The van der Waals surface area contributed by atoms with E-state index in [2.05, 4.69) is 49.3 Å². The van der Waals surface area contributed by atoms with Gasteiger partial charge in [0.1, 0.15) is 0 Å². The quantitative estimate of drug-likeness (QED) is 0.628. The maximum absolute atomic E-state index is 5.39. The van der Waals surface area contributed by atoms with Gasteiger partial charge >= 0.3 is 0 Å². The molecule has 110 valence electrons. The molecule has 0 atom stereocenters. The van der Waals surface area contributed by atoms with Crippen molar-refractivity contribution in [1.82, 2.24) is 9.80 Å². The third kappa shape index (κ3) is 6.79. The van der Waals surface area contributed by atoms with Crippen molar-refractivity contribution in [3.63, 3.8) is 0 Å². The van der Waals surface area contributed by atoms with E-state index in [1.165, 1.54) is 0 Å². The van der Waals surface area contributed by atoms with E-state index in [9.17, 15) is 0 Å². The fraction of sp³-hybridized carbons (Fsp3) is 0.750. The number of rotatable bonds is 8. The van der Waals surface area contributed by atoms with Crippen molar-refractivity contribution in [2.24, 2.45) is 5.92 Å². The number of ether oxygens (including phenoxy) is 1. The fourth-order valence-corrected chi connectivity index (χ4v) is 2.24. The van der Waals surface area contributed by atoms with Gasteiger partial charge < -0.3 is 9.64 Å². The van der Waals surface area contributed by atoms with Crippen molar-refractivity contribution >= 4 is 0 Å². The zero-order valence-corrected chi connectivity index (χ0v) is 12.9. The van der Waals surface area contributed by atoms with Crippen molar-refractivity contribution in [2.75, 3.05) is 45.9 Å². The highest BCUT2D eigenvalue weighted by Crippen LogP contribution is 2.09. The molecule has 1 saturated heterocycles. The molecule has 0 bridgehead atoms. The van der Waals surface area contributed by atoms with Gasteiger partial charge in [0, 0.05) is 38.4 Å². The number of allylic oxidation sites excluding steroid dienone is 2. The van der Waals surface area contributed by atoms with Crippen LogP contribution in [0.3, 0.4) is 0 Å². The molecule has 0 aromatic rings. The first kappa shape index (κ1) is 16.3. The van der Waals surface area contributed by atoms with E-state index in [0.29, 0.717) is 5.92 Å². The zero-order chi connectivity index (χ0) is 14.1.